The number of carboxylic acid groups (broad SMARTS) is 1. The van der Waals surface area contributed by atoms with Crippen molar-refractivity contribution in [1.82, 2.24) is 29.7 Å². The molecule has 4 aromatic heterocycles. The predicted octanol–water partition coefficient (Wildman–Crippen LogP) is 7.51. The van der Waals surface area contributed by atoms with Crippen molar-refractivity contribution in [2.75, 3.05) is 36.8 Å². The van der Waals surface area contributed by atoms with Gasteiger partial charge in [-0.2, -0.15) is 0 Å². The van der Waals surface area contributed by atoms with Crippen LogP contribution in [-0.2, 0) is 17.9 Å². The minimum Gasteiger partial charge on any atom is -0.481 e. The van der Waals surface area contributed by atoms with Gasteiger partial charge < -0.3 is 20.8 Å². The van der Waals surface area contributed by atoms with Crippen LogP contribution in [0.5, 0.6) is 0 Å². The summed E-state index contributed by atoms with van der Waals surface area (Å²) >= 11 is 14.1. The number of likely N-dealkylation sites (tertiary alicyclic amines) is 2. The Bertz CT molecular complexity index is 2310. The second kappa shape index (κ2) is 14.6. The van der Waals surface area contributed by atoms with Crippen LogP contribution in [0.3, 0.4) is 0 Å². The van der Waals surface area contributed by atoms with E-state index in [1.807, 2.05) is 60.9 Å². The van der Waals surface area contributed by atoms with E-state index in [-0.39, 0.29) is 12.0 Å². The second-order valence-corrected chi connectivity index (χ2v) is 14.2. The Labute approximate surface area is 310 Å². The molecule has 2 aromatic carbocycles. The number of fused-ring (bicyclic) bond motifs is 2. The standard InChI is InChI=1S/C39H36Cl2N8O3/c40-33-29(3-1-5-31(33)46-37-35-25(7-11-42-37)15-23(17-44-35)19-48-13-9-27(21-48)39(51)52)30-4-2-6-32(34(30)41)47-38-36-26(8-12-43-38)16-24(18-45-36)20-49-14-10-28(50)22-49/h1-8,11-12,15-18,27-28,50H,9-10,13-14,19-22H2,(H,42,46)(H,43,47)(H,51,52)/t27-,28-/m0/s1. The first-order chi connectivity index (χ1) is 25.3. The summed E-state index contributed by atoms with van der Waals surface area (Å²) in [6.45, 7) is 4.21. The van der Waals surface area contributed by atoms with Crippen LogP contribution in [0, 0.1) is 5.92 Å². The molecule has 0 amide bonds. The molecule has 0 radical (unpaired) electrons. The van der Waals surface area contributed by atoms with E-state index in [2.05, 4.69) is 42.5 Å². The molecular formula is C39H36Cl2N8O3. The molecule has 2 aliphatic heterocycles. The topological polar surface area (TPSA) is 140 Å². The number of aliphatic carboxylic acids is 1. The molecular weight excluding hydrogens is 699 g/mol. The molecule has 6 aromatic rings. The highest BCUT2D eigenvalue weighted by Crippen LogP contribution is 2.42. The highest BCUT2D eigenvalue weighted by atomic mass is 35.5. The predicted molar refractivity (Wildman–Crippen MR) is 204 cm³/mol. The summed E-state index contributed by atoms with van der Waals surface area (Å²) < 4.78 is 0. The van der Waals surface area contributed by atoms with E-state index in [9.17, 15) is 15.0 Å². The first-order valence-corrected chi connectivity index (χ1v) is 18.0. The van der Waals surface area contributed by atoms with Gasteiger partial charge in [-0.3, -0.25) is 24.6 Å². The van der Waals surface area contributed by atoms with Crippen molar-refractivity contribution in [3.8, 4) is 11.1 Å². The van der Waals surface area contributed by atoms with Crippen molar-refractivity contribution in [1.29, 1.82) is 0 Å². The molecule has 2 atom stereocenters. The zero-order chi connectivity index (χ0) is 35.8. The van der Waals surface area contributed by atoms with Crippen molar-refractivity contribution in [3.63, 3.8) is 0 Å². The van der Waals surface area contributed by atoms with Crippen LogP contribution in [0.4, 0.5) is 23.0 Å². The molecule has 0 saturated carbocycles. The number of carbonyl (C=O) groups is 1. The number of aromatic nitrogens is 4. The van der Waals surface area contributed by atoms with Gasteiger partial charge in [0.1, 0.15) is 11.0 Å². The monoisotopic (exact) mass is 734 g/mol. The lowest BCUT2D eigenvalue weighted by Crippen LogP contribution is -2.22. The number of nitrogens with one attached hydrogen (secondary N) is 2. The van der Waals surface area contributed by atoms with Crippen LogP contribution in [-0.4, -0.2) is 78.2 Å². The number of halogens is 2. The van der Waals surface area contributed by atoms with E-state index in [1.54, 1.807) is 12.4 Å². The second-order valence-electron chi connectivity index (χ2n) is 13.5. The van der Waals surface area contributed by atoms with Gasteiger partial charge in [0.05, 0.1) is 33.4 Å². The van der Waals surface area contributed by atoms with Crippen LogP contribution >= 0.6 is 23.2 Å². The molecule has 2 fully saturated rings. The van der Waals surface area contributed by atoms with Gasteiger partial charge in [0.25, 0.3) is 0 Å². The summed E-state index contributed by atoms with van der Waals surface area (Å²) in [5.41, 5.74) is 6.30. The Balaban J connectivity index is 1.02. The largest absolute Gasteiger partial charge is 0.481 e. The number of rotatable bonds is 10. The molecule has 0 aliphatic carbocycles. The van der Waals surface area contributed by atoms with Crippen molar-refractivity contribution in [2.24, 2.45) is 5.92 Å². The fourth-order valence-electron chi connectivity index (χ4n) is 7.15. The molecule has 0 spiro atoms. The molecule has 0 bridgehead atoms. The number of aliphatic hydroxyl groups excluding tert-OH is 1. The minimum absolute atomic E-state index is 0.264. The molecule has 52 heavy (non-hydrogen) atoms. The van der Waals surface area contributed by atoms with Crippen molar-refractivity contribution >= 4 is 74.0 Å². The minimum atomic E-state index is -0.739. The smallest absolute Gasteiger partial charge is 0.307 e. The van der Waals surface area contributed by atoms with Crippen LogP contribution in [0.15, 0.2) is 85.5 Å². The maximum atomic E-state index is 11.4. The fraction of sp³-hybridized carbons (Fsp3) is 0.256. The van der Waals surface area contributed by atoms with Crippen LogP contribution in [0.1, 0.15) is 24.0 Å². The first kappa shape index (κ1) is 34.2. The van der Waals surface area contributed by atoms with Crippen LogP contribution in [0.25, 0.3) is 32.9 Å². The SMILES string of the molecule is O=C(O)[C@H]1CCN(Cc2cnc3c(Nc4cccc(-c5cccc(Nc6nccc7cc(CN8CC[C@H](O)C8)cnc67)c5Cl)c4Cl)nccc3c2)C1. The van der Waals surface area contributed by atoms with Gasteiger partial charge in [-0.05, 0) is 66.9 Å². The van der Waals surface area contributed by atoms with Gasteiger partial charge in [0.2, 0.25) is 0 Å². The summed E-state index contributed by atoms with van der Waals surface area (Å²) in [7, 11) is 0. The third-order valence-electron chi connectivity index (χ3n) is 9.79. The highest BCUT2D eigenvalue weighted by molar-refractivity contribution is 6.39. The Morgan fingerprint density at radius 2 is 1.25 bits per heavy atom. The number of nitrogens with zero attached hydrogens (tertiary/aromatic N) is 6. The molecule has 6 heterocycles. The van der Waals surface area contributed by atoms with Gasteiger partial charge in [-0.1, -0.05) is 47.5 Å². The van der Waals surface area contributed by atoms with Crippen LogP contribution < -0.4 is 10.6 Å². The molecule has 0 unspecified atom stereocenters. The van der Waals surface area contributed by atoms with Gasteiger partial charge >= 0.3 is 5.97 Å². The van der Waals surface area contributed by atoms with Gasteiger partial charge in [-0.25, -0.2) is 9.97 Å². The number of hydrogen-bond acceptors (Lipinski definition) is 10. The summed E-state index contributed by atoms with van der Waals surface area (Å²) in [4.78, 5) is 34.4. The van der Waals surface area contributed by atoms with Crippen molar-refractivity contribution in [2.45, 2.75) is 32.0 Å². The van der Waals surface area contributed by atoms with E-state index in [0.717, 1.165) is 64.6 Å². The summed E-state index contributed by atoms with van der Waals surface area (Å²) in [5.74, 6) is 0.0884. The van der Waals surface area contributed by atoms with Crippen molar-refractivity contribution < 1.29 is 15.0 Å². The average molecular weight is 736 g/mol. The van der Waals surface area contributed by atoms with E-state index >= 15 is 0 Å². The zero-order valence-electron chi connectivity index (χ0n) is 28.1. The number of anilines is 4. The Morgan fingerprint density at radius 3 is 1.73 bits per heavy atom. The quantitative estimate of drug-likeness (QED) is 0.111. The van der Waals surface area contributed by atoms with Crippen molar-refractivity contribution in [3.05, 3.63) is 107 Å². The maximum absolute atomic E-state index is 11.4. The Morgan fingerprint density at radius 1 is 0.731 bits per heavy atom. The third kappa shape index (κ3) is 7.10. The third-order valence-corrected chi connectivity index (χ3v) is 10.6. The normalized spacial score (nSPS) is 18.0. The lowest BCUT2D eigenvalue weighted by molar-refractivity contribution is -0.141. The van der Waals surface area contributed by atoms with Crippen LogP contribution in [0.2, 0.25) is 10.0 Å². The molecule has 13 heteroatoms. The maximum Gasteiger partial charge on any atom is 0.307 e. The summed E-state index contributed by atoms with van der Waals surface area (Å²) in [5, 5.41) is 28.9. The fourth-order valence-corrected chi connectivity index (χ4v) is 7.70. The first-order valence-electron chi connectivity index (χ1n) is 17.2. The van der Waals surface area contributed by atoms with E-state index in [4.69, 9.17) is 33.2 Å². The average Bonchev–Trinajstić information content (AvgIpc) is 3.79. The number of carboxylic acids is 1. The highest BCUT2D eigenvalue weighted by Gasteiger charge is 2.28. The zero-order valence-corrected chi connectivity index (χ0v) is 29.6. The molecule has 8 rings (SSSR count). The Kier molecular flexibility index (Phi) is 9.61. The number of pyridine rings is 4. The number of hydrogen-bond donors (Lipinski definition) is 4. The van der Waals surface area contributed by atoms with Gasteiger partial charge in [0, 0.05) is 79.4 Å². The van der Waals surface area contributed by atoms with Gasteiger partial charge in [-0.15, -0.1) is 0 Å². The van der Waals surface area contributed by atoms with Gasteiger partial charge in [0.15, 0.2) is 11.6 Å². The molecule has 11 nitrogen and oxygen atoms in total. The Hall–Kier alpha value is -4.91. The van der Waals surface area contributed by atoms with E-state index < -0.39 is 5.97 Å². The number of benzene rings is 2. The molecule has 264 valence electrons. The summed E-state index contributed by atoms with van der Waals surface area (Å²) in [6, 6.07) is 19.5. The number of aliphatic hydroxyl groups is 1. The lowest BCUT2D eigenvalue weighted by Gasteiger charge is -2.17. The van der Waals surface area contributed by atoms with E-state index in [0.29, 0.717) is 64.6 Å². The molecule has 2 aliphatic rings. The summed E-state index contributed by atoms with van der Waals surface area (Å²) in [6.07, 6.45) is 8.35. The lowest BCUT2D eigenvalue weighted by atomic mass is 10.0. The molecule has 4 N–H and O–H groups in total. The molecule has 2 saturated heterocycles. The van der Waals surface area contributed by atoms with E-state index in [1.165, 1.54) is 0 Å². The number of β-amino-alcohol motifs (C(OH)–C–C–N with tert-alkyl or cyclic N) is 1.